The number of ether oxygens (including phenoxy) is 1. The van der Waals surface area contributed by atoms with Crippen molar-refractivity contribution in [2.45, 2.75) is 72.6 Å². The zero-order chi connectivity index (χ0) is 13.1. The number of rotatable bonds is 9. The topological polar surface area (TPSA) is 26.3 Å². The van der Waals surface area contributed by atoms with Gasteiger partial charge in [-0.05, 0) is 26.2 Å². The Hall–Kier alpha value is -0.790. The van der Waals surface area contributed by atoms with Gasteiger partial charge < -0.3 is 4.74 Å². The average molecular weight is 240 g/mol. The van der Waals surface area contributed by atoms with Gasteiger partial charge in [0.05, 0.1) is 6.61 Å². The summed E-state index contributed by atoms with van der Waals surface area (Å²) < 4.78 is 5.27. The Bertz CT molecular complexity index is 235. The molecule has 2 heteroatoms. The van der Waals surface area contributed by atoms with E-state index in [2.05, 4.69) is 20.8 Å². The highest BCUT2D eigenvalue weighted by atomic mass is 16.5. The third kappa shape index (κ3) is 7.19. The van der Waals surface area contributed by atoms with Crippen molar-refractivity contribution in [2.75, 3.05) is 6.61 Å². The maximum atomic E-state index is 11.7. The Morgan fingerprint density at radius 1 is 0.941 bits per heavy atom. The fourth-order valence-corrected chi connectivity index (χ4v) is 1.90. The first-order valence-corrected chi connectivity index (χ1v) is 7.03. The van der Waals surface area contributed by atoms with Crippen molar-refractivity contribution in [3.05, 3.63) is 11.1 Å². The molecule has 0 bridgehead atoms. The molecular formula is C15H28O2. The molecule has 0 amide bonds. The summed E-state index contributed by atoms with van der Waals surface area (Å²) in [5.41, 5.74) is 2.02. The fourth-order valence-electron chi connectivity index (χ4n) is 1.90. The van der Waals surface area contributed by atoms with Gasteiger partial charge in [0.15, 0.2) is 0 Å². The molecule has 0 atom stereocenters. The van der Waals surface area contributed by atoms with Gasteiger partial charge in [0.2, 0.25) is 0 Å². The number of carbonyl (C=O) groups excluding carboxylic acids is 1. The van der Waals surface area contributed by atoms with E-state index in [1.54, 1.807) is 0 Å². The molecule has 0 aromatic rings. The van der Waals surface area contributed by atoms with Gasteiger partial charge in [-0.3, -0.25) is 0 Å². The van der Waals surface area contributed by atoms with Gasteiger partial charge in [-0.15, -0.1) is 0 Å². The van der Waals surface area contributed by atoms with E-state index in [0.29, 0.717) is 6.61 Å². The van der Waals surface area contributed by atoms with E-state index in [1.807, 2.05) is 6.92 Å². The average Bonchev–Trinajstić information content (AvgIpc) is 2.34. The lowest BCUT2D eigenvalue weighted by Gasteiger charge is -2.08. The molecule has 0 saturated heterocycles. The third-order valence-electron chi connectivity index (χ3n) is 3.17. The fraction of sp³-hybridized carbons (Fsp3) is 0.800. The Balaban J connectivity index is 3.82. The molecule has 0 heterocycles. The molecule has 2 nitrogen and oxygen atoms in total. The van der Waals surface area contributed by atoms with Crippen LogP contribution >= 0.6 is 0 Å². The molecule has 0 radical (unpaired) electrons. The Morgan fingerprint density at radius 3 is 2.06 bits per heavy atom. The van der Waals surface area contributed by atoms with E-state index in [1.165, 1.54) is 24.8 Å². The Labute approximate surface area is 106 Å². The number of hydrogen-bond acceptors (Lipinski definition) is 2. The summed E-state index contributed by atoms with van der Waals surface area (Å²) in [6.45, 7) is 8.81. The van der Waals surface area contributed by atoms with Crippen LogP contribution in [0, 0.1) is 0 Å². The summed E-state index contributed by atoms with van der Waals surface area (Å²) in [4.78, 5) is 11.7. The predicted molar refractivity (Wildman–Crippen MR) is 73.0 cm³/mol. The molecule has 0 aliphatic rings. The molecule has 0 saturated carbocycles. The minimum atomic E-state index is -0.126. The second kappa shape index (κ2) is 10.4. The number of allylic oxidation sites excluding steroid dienone is 1. The van der Waals surface area contributed by atoms with Crippen LogP contribution < -0.4 is 0 Å². The molecule has 0 aromatic heterocycles. The van der Waals surface area contributed by atoms with Crippen LogP contribution in [0.25, 0.3) is 0 Å². The van der Waals surface area contributed by atoms with Crippen LogP contribution in [0.3, 0.4) is 0 Å². The monoisotopic (exact) mass is 240 g/mol. The summed E-state index contributed by atoms with van der Waals surface area (Å²) >= 11 is 0. The zero-order valence-electron chi connectivity index (χ0n) is 12.0. The molecule has 0 rings (SSSR count). The van der Waals surface area contributed by atoms with Crippen LogP contribution in [-0.2, 0) is 9.53 Å². The molecule has 0 spiro atoms. The first-order chi connectivity index (χ1) is 8.17. The molecular weight excluding hydrogens is 212 g/mol. The standard InChI is InChI=1S/C15H28O2/c1-5-8-9-10-11-12-17-15(16)13(4)14(6-2)7-3/h5-12H2,1-4H3. The molecule has 0 aliphatic carbocycles. The van der Waals surface area contributed by atoms with Crippen molar-refractivity contribution in [2.24, 2.45) is 0 Å². The minimum Gasteiger partial charge on any atom is -0.462 e. The van der Waals surface area contributed by atoms with Crippen molar-refractivity contribution >= 4 is 5.97 Å². The van der Waals surface area contributed by atoms with Gasteiger partial charge in [-0.1, -0.05) is 52.0 Å². The second-order valence-corrected chi connectivity index (χ2v) is 4.49. The van der Waals surface area contributed by atoms with Crippen LogP contribution in [0.4, 0.5) is 0 Å². The lowest BCUT2D eigenvalue weighted by molar-refractivity contribution is -0.139. The SMILES string of the molecule is CCCCCCCOC(=O)C(C)=C(CC)CC. The number of esters is 1. The van der Waals surface area contributed by atoms with Crippen molar-refractivity contribution in [3.8, 4) is 0 Å². The zero-order valence-corrected chi connectivity index (χ0v) is 12.0. The first-order valence-electron chi connectivity index (χ1n) is 7.03. The van der Waals surface area contributed by atoms with E-state index >= 15 is 0 Å². The molecule has 0 aliphatic heterocycles. The number of carbonyl (C=O) groups is 1. The maximum absolute atomic E-state index is 11.7. The highest BCUT2D eigenvalue weighted by Crippen LogP contribution is 2.14. The smallest absolute Gasteiger partial charge is 0.333 e. The lowest BCUT2D eigenvalue weighted by atomic mass is 10.1. The van der Waals surface area contributed by atoms with E-state index in [0.717, 1.165) is 31.3 Å². The van der Waals surface area contributed by atoms with Gasteiger partial charge in [-0.25, -0.2) is 4.79 Å². The Morgan fingerprint density at radius 2 is 1.53 bits per heavy atom. The normalized spacial score (nSPS) is 10.1. The first kappa shape index (κ1) is 16.2. The molecule has 0 aromatic carbocycles. The van der Waals surface area contributed by atoms with E-state index in [-0.39, 0.29) is 5.97 Å². The van der Waals surface area contributed by atoms with Crippen LogP contribution in [0.15, 0.2) is 11.1 Å². The predicted octanol–water partition coefficient (Wildman–Crippen LogP) is 4.64. The highest BCUT2D eigenvalue weighted by Gasteiger charge is 2.09. The summed E-state index contributed by atoms with van der Waals surface area (Å²) in [6.07, 6.45) is 7.81. The third-order valence-corrected chi connectivity index (χ3v) is 3.17. The largest absolute Gasteiger partial charge is 0.462 e. The van der Waals surface area contributed by atoms with Crippen molar-refractivity contribution in [1.29, 1.82) is 0 Å². The molecule has 0 fully saturated rings. The summed E-state index contributed by atoms with van der Waals surface area (Å²) in [7, 11) is 0. The minimum absolute atomic E-state index is 0.126. The van der Waals surface area contributed by atoms with E-state index in [4.69, 9.17) is 4.74 Å². The summed E-state index contributed by atoms with van der Waals surface area (Å²) in [5.74, 6) is -0.126. The van der Waals surface area contributed by atoms with Crippen molar-refractivity contribution < 1.29 is 9.53 Å². The van der Waals surface area contributed by atoms with Gasteiger partial charge in [0.25, 0.3) is 0 Å². The molecule has 17 heavy (non-hydrogen) atoms. The van der Waals surface area contributed by atoms with Crippen LogP contribution in [0.1, 0.15) is 72.6 Å². The van der Waals surface area contributed by atoms with Crippen molar-refractivity contribution in [3.63, 3.8) is 0 Å². The summed E-state index contributed by atoms with van der Waals surface area (Å²) in [5, 5.41) is 0. The highest BCUT2D eigenvalue weighted by molar-refractivity contribution is 5.88. The summed E-state index contributed by atoms with van der Waals surface area (Å²) in [6, 6.07) is 0. The maximum Gasteiger partial charge on any atom is 0.333 e. The van der Waals surface area contributed by atoms with Crippen LogP contribution in [0.2, 0.25) is 0 Å². The van der Waals surface area contributed by atoms with Gasteiger partial charge >= 0.3 is 5.97 Å². The van der Waals surface area contributed by atoms with Crippen molar-refractivity contribution in [1.82, 2.24) is 0 Å². The van der Waals surface area contributed by atoms with E-state index < -0.39 is 0 Å². The van der Waals surface area contributed by atoms with Crippen LogP contribution in [0.5, 0.6) is 0 Å². The van der Waals surface area contributed by atoms with Crippen LogP contribution in [-0.4, -0.2) is 12.6 Å². The Kier molecular flexibility index (Phi) is 9.89. The van der Waals surface area contributed by atoms with Gasteiger partial charge in [0, 0.05) is 5.57 Å². The van der Waals surface area contributed by atoms with Gasteiger partial charge in [-0.2, -0.15) is 0 Å². The molecule has 100 valence electrons. The molecule has 0 unspecified atom stereocenters. The molecule has 0 N–H and O–H groups in total. The van der Waals surface area contributed by atoms with Gasteiger partial charge in [0.1, 0.15) is 0 Å². The lowest BCUT2D eigenvalue weighted by Crippen LogP contribution is -2.09. The number of unbranched alkanes of at least 4 members (excludes halogenated alkanes) is 4. The second-order valence-electron chi connectivity index (χ2n) is 4.49. The van der Waals surface area contributed by atoms with E-state index in [9.17, 15) is 4.79 Å². The quantitative estimate of drug-likeness (QED) is 0.333. The number of hydrogen-bond donors (Lipinski definition) is 0.